The topological polar surface area (TPSA) is 30.8 Å². The monoisotopic (exact) mass is 290 g/mol. The maximum atomic E-state index is 12.9. The SMILES string of the molecule is [2H]C([2H])([2H])/C(C)=C/COC(=Nc1ccc(OC)cc1)C(F)(F)F. The molecule has 0 atom stereocenters. The third-order valence-corrected chi connectivity index (χ3v) is 2.16. The third kappa shape index (κ3) is 5.34. The molecule has 3 nitrogen and oxygen atoms in total. The molecule has 0 radical (unpaired) electrons. The fraction of sp³-hybridized carbons (Fsp3) is 0.357. The van der Waals surface area contributed by atoms with Crippen LogP contribution in [0.25, 0.3) is 0 Å². The Labute approximate surface area is 119 Å². The number of hydrogen-bond acceptors (Lipinski definition) is 3. The largest absolute Gasteiger partial charge is 0.497 e. The van der Waals surface area contributed by atoms with Crippen LogP contribution in [0.5, 0.6) is 5.75 Å². The van der Waals surface area contributed by atoms with E-state index in [4.69, 9.17) is 8.85 Å². The highest BCUT2D eigenvalue weighted by Gasteiger charge is 2.38. The van der Waals surface area contributed by atoms with Gasteiger partial charge in [0.15, 0.2) is 0 Å². The lowest BCUT2D eigenvalue weighted by Crippen LogP contribution is -2.25. The van der Waals surface area contributed by atoms with E-state index in [2.05, 4.69) is 9.73 Å². The molecule has 0 aliphatic rings. The zero-order chi connectivity index (χ0) is 17.7. The molecule has 0 saturated carbocycles. The van der Waals surface area contributed by atoms with Crippen LogP contribution in [0, 0.1) is 0 Å². The molecule has 0 unspecified atom stereocenters. The number of methoxy groups -OCH3 is 1. The lowest BCUT2D eigenvalue weighted by molar-refractivity contribution is -0.0770. The normalized spacial score (nSPS) is 16.1. The van der Waals surface area contributed by atoms with Gasteiger partial charge in [-0.05, 0) is 44.1 Å². The maximum Gasteiger partial charge on any atom is 0.468 e. The Morgan fingerprint density at radius 1 is 1.35 bits per heavy atom. The summed E-state index contributed by atoms with van der Waals surface area (Å²) in [5, 5.41) is 0. The fourth-order valence-corrected chi connectivity index (χ4v) is 1.20. The van der Waals surface area contributed by atoms with Gasteiger partial charge in [0.05, 0.1) is 12.8 Å². The molecule has 20 heavy (non-hydrogen) atoms. The number of aliphatic imine (C=N–C) groups is 1. The Bertz CT molecular complexity index is 578. The summed E-state index contributed by atoms with van der Waals surface area (Å²) in [5.41, 5.74) is -0.0156. The standard InChI is InChI=1S/C14H16F3NO2/c1-10(2)8-9-20-13(14(15,16)17)18-11-4-6-12(19-3)7-5-11/h4-8H,9H2,1-3H3/i1D3/b10-8-,18-13?. The molecule has 0 amide bonds. The molecule has 110 valence electrons. The third-order valence-electron chi connectivity index (χ3n) is 2.16. The quantitative estimate of drug-likeness (QED) is 0.471. The Morgan fingerprint density at radius 2 is 2.00 bits per heavy atom. The first-order valence-electron chi connectivity index (χ1n) is 7.14. The van der Waals surface area contributed by atoms with Gasteiger partial charge in [-0.3, -0.25) is 0 Å². The van der Waals surface area contributed by atoms with Crippen molar-refractivity contribution in [1.29, 1.82) is 0 Å². The van der Waals surface area contributed by atoms with Gasteiger partial charge in [0.1, 0.15) is 12.4 Å². The van der Waals surface area contributed by atoms with Crippen molar-refractivity contribution in [2.45, 2.75) is 20.0 Å². The van der Waals surface area contributed by atoms with Gasteiger partial charge in [-0.1, -0.05) is 5.57 Å². The minimum Gasteiger partial charge on any atom is -0.497 e. The van der Waals surface area contributed by atoms with Gasteiger partial charge >= 0.3 is 6.18 Å². The van der Waals surface area contributed by atoms with Gasteiger partial charge in [-0.15, -0.1) is 0 Å². The minimum absolute atomic E-state index is 0.0367. The minimum atomic E-state index is -4.79. The Kier molecular flexibility index (Phi) is 4.12. The summed E-state index contributed by atoms with van der Waals surface area (Å²) in [6.45, 7) is -1.61. The summed E-state index contributed by atoms with van der Waals surface area (Å²) >= 11 is 0. The molecule has 6 heteroatoms. The number of halogens is 3. The number of rotatable bonds is 4. The van der Waals surface area contributed by atoms with Crippen LogP contribution in [0.15, 0.2) is 40.9 Å². The van der Waals surface area contributed by atoms with Gasteiger partial charge in [-0.25, -0.2) is 4.99 Å². The summed E-state index contributed by atoms with van der Waals surface area (Å²) in [4.78, 5) is 3.41. The molecule has 0 bridgehead atoms. The number of hydrogen-bond donors (Lipinski definition) is 0. The van der Waals surface area contributed by atoms with E-state index in [9.17, 15) is 13.2 Å². The summed E-state index contributed by atoms with van der Waals surface area (Å²) in [6, 6.07) is 5.62. The van der Waals surface area contributed by atoms with E-state index in [1.165, 1.54) is 38.3 Å². The van der Waals surface area contributed by atoms with E-state index in [1.807, 2.05) is 0 Å². The van der Waals surface area contributed by atoms with Crippen molar-refractivity contribution in [3.05, 3.63) is 35.9 Å². The van der Waals surface area contributed by atoms with Crippen LogP contribution in [0.1, 0.15) is 17.9 Å². The van der Waals surface area contributed by atoms with E-state index >= 15 is 0 Å². The maximum absolute atomic E-state index is 12.9. The molecule has 0 aliphatic heterocycles. The van der Waals surface area contributed by atoms with Crippen LogP contribution in [0.3, 0.4) is 0 Å². The second-order valence-electron chi connectivity index (χ2n) is 3.81. The van der Waals surface area contributed by atoms with E-state index in [1.54, 1.807) is 0 Å². The molecule has 0 spiro atoms. The van der Waals surface area contributed by atoms with Crippen molar-refractivity contribution in [2.24, 2.45) is 4.99 Å². The number of alkyl halides is 3. The van der Waals surface area contributed by atoms with E-state index < -0.39 is 25.5 Å². The highest BCUT2D eigenvalue weighted by Crippen LogP contribution is 2.24. The zero-order valence-corrected chi connectivity index (χ0v) is 11.0. The van der Waals surface area contributed by atoms with E-state index in [0.29, 0.717) is 5.75 Å². The van der Waals surface area contributed by atoms with Crippen molar-refractivity contribution in [3.63, 3.8) is 0 Å². The predicted octanol–water partition coefficient (Wildman–Crippen LogP) is 4.27. The molecule has 0 aromatic heterocycles. The highest BCUT2D eigenvalue weighted by atomic mass is 19.4. The Hall–Kier alpha value is -1.98. The van der Waals surface area contributed by atoms with Crippen molar-refractivity contribution < 1.29 is 26.8 Å². The molecule has 0 N–H and O–H groups in total. The van der Waals surface area contributed by atoms with Crippen molar-refractivity contribution >= 4 is 11.6 Å². The molecule has 0 fully saturated rings. The first-order valence-corrected chi connectivity index (χ1v) is 5.64. The number of ether oxygens (including phenoxy) is 2. The van der Waals surface area contributed by atoms with Crippen LogP contribution in [0.2, 0.25) is 0 Å². The average Bonchev–Trinajstić information content (AvgIpc) is 2.44. The molecule has 0 saturated heterocycles. The van der Waals surface area contributed by atoms with Crippen LogP contribution < -0.4 is 4.74 Å². The summed E-state index contributed by atoms with van der Waals surface area (Å²) < 4.78 is 69.5. The molecule has 0 heterocycles. The Balaban J connectivity index is 2.91. The molecular weight excluding hydrogens is 271 g/mol. The second kappa shape index (κ2) is 6.98. The van der Waals surface area contributed by atoms with Crippen LogP contribution in [-0.4, -0.2) is 25.8 Å². The van der Waals surface area contributed by atoms with Gasteiger partial charge < -0.3 is 9.47 Å². The smallest absolute Gasteiger partial charge is 0.468 e. The molecule has 0 aliphatic carbocycles. The van der Waals surface area contributed by atoms with Crippen molar-refractivity contribution in [3.8, 4) is 5.75 Å². The van der Waals surface area contributed by atoms with Gasteiger partial charge in [0.2, 0.25) is 0 Å². The lowest BCUT2D eigenvalue weighted by Gasteiger charge is -2.11. The van der Waals surface area contributed by atoms with E-state index in [0.717, 1.165) is 6.08 Å². The first-order chi connectivity index (χ1) is 10.5. The van der Waals surface area contributed by atoms with Crippen LogP contribution in [0.4, 0.5) is 18.9 Å². The van der Waals surface area contributed by atoms with Gasteiger partial charge in [-0.2, -0.15) is 13.2 Å². The fourth-order valence-electron chi connectivity index (χ4n) is 1.20. The van der Waals surface area contributed by atoms with Gasteiger partial charge in [0.25, 0.3) is 5.90 Å². The zero-order valence-electron chi connectivity index (χ0n) is 14.0. The molecular formula is C14H16F3NO2. The Morgan fingerprint density at radius 3 is 2.50 bits per heavy atom. The molecule has 1 rings (SSSR count). The number of nitrogens with zero attached hydrogens (tertiary/aromatic N) is 1. The van der Waals surface area contributed by atoms with Crippen molar-refractivity contribution in [1.82, 2.24) is 0 Å². The summed E-state index contributed by atoms with van der Waals surface area (Å²) in [5.74, 6) is -0.966. The molecule has 1 aromatic rings. The summed E-state index contributed by atoms with van der Waals surface area (Å²) in [6.07, 6.45) is -3.72. The second-order valence-corrected chi connectivity index (χ2v) is 3.81. The summed E-state index contributed by atoms with van der Waals surface area (Å²) in [7, 11) is 1.43. The lowest BCUT2D eigenvalue weighted by atomic mass is 10.3. The van der Waals surface area contributed by atoms with Crippen LogP contribution in [-0.2, 0) is 4.74 Å². The van der Waals surface area contributed by atoms with Crippen LogP contribution >= 0.6 is 0 Å². The number of allylic oxidation sites excluding steroid dienone is 1. The van der Waals surface area contributed by atoms with E-state index in [-0.39, 0.29) is 11.3 Å². The van der Waals surface area contributed by atoms with Crippen molar-refractivity contribution in [2.75, 3.05) is 13.7 Å². The van der Waals surface area contributed by atoms with Gasteiger partial charge in [0, 0.05) is 4.11 Å². The average molecular weight is 290 g/mol. The highest BCUT2D eigenvalue weighted by molar-refractivity contribution is 5.84. The first kappa shape index (κ1) is 11.8. The number of benzene rings is 1. The molecule has 1 aromatic carbocycles. The predicted molar refractivity (Wildman–Crippen MR) is 71.5 cm³/mol.